The highest BCUT2D eigenvalue weighted by Crippen LogP contribution is 2.25. The van der Waals surface area contributed by atoms with Gasteiger partial charge in [0.1, 0.15) is 0 Å². The van der Waals surface area contributed by atoms with Crippen molar-refractivity contribution in [1.82, 2.24) is 0 Å². The summed E-state index contributed by atoms with van der Waals surface area (Å²) >= 11 is 0. The topological polar surface area (TPSA) is 91.1 Å². The molecule has 2 aromatic rings. The monoisotopic (exact) mass is 325 g/mol. The van der Waals surface area contributed by atoms with Gasteiger partial charge in [-0.3, -0.25) is 9.59 Å². The molecule has 6 nitrogen and oxygen atoms in total. The summed E-state index contributed by atoms with van der Waals surface area (Å²) in [7, 11) is 0. The first-order valence-corrected chi connectivity index (χ1v) is 7.55. The molecular weight excluding hydrogens is 306 g/mol. The molecule has 0 aliphatic carbocycles. The maximum absolute atomic E-state index is 11.7. The van der Waals surface area contributed by atoms with Crippen LogP contribution in [0.1, 0.15) is 24.0 Å². The van der Waals surface area contributed by atoms with Gasteiger partial charge in [-0.15, -0.1) is 0 Å². The smallest absolute Gasteiger partial charge is 0.303 e. The van der Waals surface area contributed by atoms with Crippen LogP contribution < -0.4 is 5.32 Å². The Balaban J connectivity index is 2.05. The number of rotatable bonds is 6. The van der Waals surface area contributed by atoms with E-state index in [1.807, 2.05) is 44.2 Å². The van der Waals surface area contributed by atoms with Crippen molar-refractivity contribution in [3.63, 3.8) is 0 Å². The highest BCUT2D eigenvalue weighted by molar-refractivity contribution is 5.93. The van der Waals surface area contributed by atoms with Gasteiger partial charge in [0.25, 0.3) is 0 Å². The highest BCUT2D eigenvalue weighted by atomic mass is 16.4. The number of aliphatic carboxylic acids is 1. The summed E-state index contributed by atoms with van der Waals surface area (Å²) in [5.41, 5.74) is 4.00. The van der Waals surface area contributed by atoms with Crippen molar-refractivity contribution in [2.45, 2.75) is 26.7 Å². The van der Waals surface area contributed by atoms with E-state index in [2.05, 4.69) is 15.5 Å². The Kier molecular flexibility index (Phi) is 5.78. The Bertz CT molecular complexity index is 785. The van der Waals surface area contributed by atoms with E-state index in [0.717, 1.165) is 16.8 Å². The number of benzene rings is 2. The second kappa shape index (κ2) is 8.01. The lowest BCUT2D eigenvalue weighted by molar-refractivity contribution is -0.138. The van der Waals surface area contributed by atoms with Crippen LogP contribution in [0.2, 0.25) is 0 Å². The summed E-state index contributed by atoms with van der Waals surface area (Å²) in [6, 6.07) is 13.0. The Morgan fingerprint density at radius 1 is 1.00 bits per heavy atom. The van der Waals surface area contributed by atoms with Crippen molar-refractivity contribution in [3.05, 3.63) is 53.6 Å². The molecule has 6 heteroatoms. The molecule has 124 valence electrons. The summed E-state index contributed by atoms with van der Waals surface area (Å²) in [4.78, 5) is 22.2. The first-order chi connectivity index (χ1) is 11.5. The molecule has 0 radical (unpaired) electrons. The Morgan fingerprint density at radius 2 is 1.75 bits per heavy atom. The molecule has 0 bridgehead atoms. The number of carbonyl (C=O) groups excluding carboxylic acids is 1. The van der Waals surface area contributed by atoms with E-state index in [1.165, 1.54) is 0 Å². The first kappa shape index (κ1) is 17.3. The zero-order chi connectivity index (χ0) is 17.5. The molecule has 0 atom stereocenters. The number of anilines is 1. The molecule has 2 aromatic carbocycles. The maximum atomic E-state index is 11.7. The number of carboxylic acids is 1. The highest BCUT2D eigenvalue weighted by Gasteiger charge is 2.07. The van der Waals surface area contributed by atoms with Crippen molar-refractivity contribution in [2.24, 2.45) is 10.2 Å². The van der Waals surface area contributed by atoms with Crippen LogP contribution in [0.25, 0.3) is 0 Å². The van der Waals surface area contributed by atoms with Gasteiger partial charge in [0, 0.05) is 12.1 Å². The van der Waals surface area contributed by atoms with Gasteiger partial charge in [0.15, 0.2) is 0 Å². The van der Waals surface area contributed by atoms with Crippen LogP contribution in [0, 0.1) is 13.8 Å². The molecule has 0 aliphatic rings. The molecule has 0 aliphatic heterocycles. The van der Waals surface area contributed by atoms with Crippen LogP contribution >= 0.6 is 0 Å². The standard InChI is InChI=1S/C18H19N3O3/c1-12-5-3-4-6-16(12)21-20-14-7-8-15(13(2)11-14)19-17(22)9-10-18(23)24/h3-8,11H,9-10H2,1-2H3,(H,19,22)(H,23,24). The molecule has 2 N–H and O–H groups in total. The molecule has 0 unspecified atom stereocenters. The summed E-state index contributed by atoms with van der Waals surface area (Å²) in [6.45, 7) is 3.81. The summed E-state index contributed by atoms with van der Waals surface area (Å²) < 4.78 is 0. The van der Waals surface area contributed by atoms with E-state index in [1.54, 1.807) is 12.1 Å². The third-order valence-corrected chi connectivity index (χ3v) is 3.44. The minimum atomic E-state index is -0.992. The predicted molar refractivity (Wildman–Crippen MR) is 92.0 cm³/mol. The van der Waals surface area contributed by atoms with Gasteiger partial charge >= 0.3 is 5.97 Å². The average molecular weight is 325 g/mol. The van der Waals surface area contributed by atoms with Crippen molar-refractivity contribution >= 4 is 28.9 Å². The van der Waals surface area contributed by atoms with Crippen LogP contribution in [0.15, 0.2) is 52.7 Å². The number of aryl methyl sites for hydroxylation is 2. The lowest BCUT2D eigenvalue weighted by atomic mass is 10.1. The number of amides is 1. The van der Waals surface area contributed by atoms with E-state index in [9.17, 15) is 9.59 Å². The molecule has 0 spiro atoms. The van der Waals surface area contributed by atoms with Crippen molar-refractivity contribution in [1.29, 1.82) is 0 Å². The van der Waals surface area contributed by atoms with Crippen molar-refractivity contribution in [2.75, 3.05) is 5.32 Å². The maximum Gasteiger partial charge on any atom is 0.303 e. The van der Waals surface area contributed by atoms with Gasteiger partial charge in [-0.05, 0) is 49.2 Å². The second-order valence-corrected chi connectivity index (χ2v) is 5.43. The summed E-state index contributed by atoms with van der Waals surface area (Å²) in [5.74, 6) is -1.32. The number of nitrogens with one attached hydrogen (secondary N) is 1. The number of carboxylic acid groups (broad SMARTS) is 1. The predicted octanol–water partition coefficient (Wildman–Crippen LogP) is 4.52. The van der Waals surface area contributed by atoms with Crippen LogP contribution in [0.3, 0.4) is 0 Å². The van der Waals surface area contributed by atoms with Crippen molar-refractivity contribution < 1.29 is 14.7 Å². The molecule has 0 aromatic heterocycles. The number of azo groups is 1. The van der Waals surface area contributed by atoms with E-state index < -0.39 is 5.97 Å². The van der Waals surface area contributed by atoms with E-state index >= 15 is 0 Å². The molecule has 2 rings (SSSR count). The van der Waals surface area contributed by atoms with Gasteiger partial charge in [-0.1, -0.05) is 18.2 Å². The minimum absolute atomic E-state index is 0.0521. The van der Waals surface area contributed by atoms with E-state index in [0.29, 0.717) is 11.4 Å². The SMILES string of the molecule is Cc1ccccc1N=Nc1ccc(NC(=O)CCC(=O)O)c(C)c1. The fraction of sp³-hybridized carbons (Fsp3) is 0.222. The largest absolute Gasteiger partial charge is 0.481 e. The lowest BCUT2D eigenvalue weighted by Crippen LogP contribution is -2.13. The van der Waals surface area contributed by atoms with Gasteiger partial charge < -0.3 is 10.4 Å². The number of hydrogen-bond donors (Lipinski definition) is 2. The van der Waals surface area contributed by atoms with Gasteiger partial charge in [-0.25, -0.2) is 0 Å². The third kappa shape index (κ3) is 5.01. The number of hydrogen-bond acceptors (Lipinski definition) is 4. The van der Waals surface area contributed by atoms with Crippen LogP contribution in [-0.2, 0) is 9.59 Å². The fourth-order valence-electron chi connectivity index (χ4n) is 2.07. The Labute approximate surface area is 140 Å². The zero-order valence-electron chi connectivity index (χ0n) is 13.6. The van der Waals surface area contributed by atoms with Crippen LogP contribution in [0.5, 0.6) is 0 Å². The molecule has 0 saturated heterocycles. The van der Waals surface area contributed by atoms with Crippen LogP contribution in [0.4, 0.5) is 17.1 Å². The Morgan fingerprint density at radius 3 is 2.42 bits per heavy atom. The molecule has 0 fully saturated rings. The van der Waals surface area contributed by atoms with Crippen molar-refractivity contribution in [3.8, 4) is 0 Å². The third-order valence-electron chi connectivity index (χ3n) is 3.44. The fourth-order valence-corrected chi connectivity index (χ4v) is 2.07. The Hall–Kier alpha value is -3.02. The lowest BCUT2D eigenvalue weighted by Gasteiger charge is -2.08. The molecular formula is C18H19N3O3. The quantitative estimate of drug-likeness (QED) is 0.765. The first-order valence-electron chi connectivity index (χ1n) is 7.55. The average Bonchev–Trinajstić information content (AvgIpc) is 2.54. The minimum Gasteiger partial charge on any atom is -0.481 e. The van der Waals surface area contributed by atoms with Gasteiger partial charge in [-0.2, -0.15) is 10.2 Å². The van der Waals surface area contributed by atoms with Gasteiger partial charge in [0.05, 0.1) is 17.8 Å². The van der Waals surface area contributed by atoms with E-state index in [4.69, 9.17) is 5.11 Å². The summed E-state index contributed by atoms with van der Waals surface area (Å²) in [5, 5.41) is 19.7. The second-order valence-electron chi connectivity index (χ2n) is 5.43. The molecule has 1 amide bonds. The van der Waals surface area contributed by atoms with Crippen LogP contribution in [-0.4, -0.2) is 17.0 Å². The number of nitrogens with zero attached hydrogens (tertiary/aromatic N) is 2. The van der Waals surface area contributed by atoms with Gasteiger partial charge in [0.2, 0.25) is 5.91 Å². The normalized spacial score (nSPS) is 10.8. The van der Waals surface area contributed by atoms with E-state index in [-0.39, 0.29) is 18.7 Å². The molecule has 0 heterocycles. The number of carbonyl (C=O) groups is 2. The molecule has 24 heavy (non-hydrogen) atoms. The zero-order valence-corrected chi connectivity index (χ0v) is 13.6. The molecule has 0 saturated carbocycles. The summed E-state index contributed by atoms with van der Waals surface area (Å²) in [6.07, 6.45) is -0.239.